The average Bonchev–Trinajstić information content (AvgIpc) is 2.66. The molecule has 0 unspecified atom stereocenters. The van der Waals surface area contributed by atoms with Gasteiger partial charge in [-0.2, -0.15) is 13.2 Å². The minimum absolute atomic E-state index is 0.0557. The van der Waals surface area contributed by atoms with Gasteiger partial charge in [-0.15, -0.1) is 0 Å². The van der Waals surface area contributed by atoms with Crippen LogP contribution in [0.4, 0.5) is 13.2 Å². The summed E-state index contributed by atoms with van der Waals surface area (Å²) in [7, 11) is 0. The van der Waals surface area contributed by atoms with Crippen molar-refractivity contribution in [3.63, 3.8) is 0 Å². The summed E-state index contributed by atoms with van der Waals surface area (Å²) in [5, 5.41) is 7.23. The Balaban J connectivity index is 1.74. The molecule has 26 heavy (non-hydrogen) atoms. The van der Waals surface area contributed by atoms with E-state index in [0.29, 0.717) is 11.3 Å². The zero-order valence-corrected chi connectivity index (χ0v) is 13.8. The van der Waals surface area contributed by atoms with Crippen LogP contribution < -0.4 is 4.74 Å². The minimum Gasteiger partial charge on any atom is -0.489 e. The lowest BCUT2D eigenvalue weighted by atomic mass is 10.0. The van der Waals surface area contributed by atoms with E-state index in [0.717, 1.165) is 28.8 Å². The fourth-order valence-electron chi connectivity index (χ4n) is 2.54. The molecule has 0 amide bonds. The number of halogens is 3. The van der Waals surface area contributed by atoms with Gasteiger partial charge in [-0.05, 0) is 46.5 Å². The molecule has 0 saturated carbocycles. The first-order valence-electron chi connectivity index (χ1n) is 7.95. The third-order valence-electron chi connectivity index (χ3n) is 3.90. The molecule has 2 nitrogen and oxygen atoms in total. The molecule has 0 aromatic heterocycles. The molecule has 0 atom stereocenters. The second-order valence-electron chi connectivity index (χ2n) is 5.78. The standard InChI is InChI=1S/C21H16F3NO/c22-21(23,24)19-5-1-3-16(11-19)14-26-20-6-2-4-18(12-20)17-9-7-15(13-25)8-10-17/h1-13,25H,14H2. The second kappa shape index (κ2) is 7.44. The molecule has 0 fully saturated rings. The van der Waals surface area contributed by atoms with Crippen LogP contribution in [0.5, 0.6) is 5.75 Å². The van der Waals surface area contributed by atoms with Crippen LogP contribution in [0.2, 0.25) is 0 Å². The topological polar surface area (TPSA) is 33.1 Å². The smallest absolute Gasteiger partial charge is 0.416 e. The summed E-state index contributed by atoms with van der Waals surface area (Å²) in [6.07, 6.45) is -3.09. The van der Waals surface area contributed by atoms with Crippen LogP contribution in [0.1, 0.15) is 16.7 Å². The summed E-state index contributed by atoms with van der Waals surface area (Å²) < 4.78 is 44.0. The Morgan fingerprint density at radius 1 is 0.846 bits per heavy atom. The Bertz CT molecular complexity index is 902. The molecule has 1 N–H and O–H groups in total. The summed E-state index contributed by atoms with van der Waals surface area (Å²) >= 11 is 0. The maximum absolute atomic E-state index is 12.8. The van der Waals surface area contributed by atoms with Gasteiger partial charge in [0.05, 0.1) is 5.56 Å². The van der Waals surface area contributed by atoms with Crippen molar-refractivity contribution in [3.05, 3.63) is 89.5 Å². The highest BCUT2D eigenvalue weighted by molar-refractivity contribution is 5.78. The summed E-state index contributed by atoms with van der Waals surface area (Å²) in [5.74, 6) is 0.580. The number of rotatable bonds is 5. The van der Waals surface area contributed by atoms with E-state index in [1.165, 1.54) is 12.3 Å². The lowest BCUT2D eigenvalue weighted by Gasteiger charge is -2.11. The van der Waals surface area contributed by atoms with E-state index in [1.54, 1.807) is 12.1 Å². The molecular weight excluding hydrogens is 339 g/mol. The Kier molecular flexibility index (Phi) is 5.07. The fourth-order valence-corrected chi connectivity index (χ4v) is 2.54. The van der Waals surface area contributed by atoms with Crippen LogP contribution in [0.25, 0.3) is 11.1 Å². The van der Waals surface area contributed by atoms with E-state index in [4.69, 9.17) is 10.1 Å². The van der Waals surface area contributed by atoms with Crippen LogP contribution in [0.15, 0.2) is 72.8 Å². The molecular formula is C21H16F3NO. The molecule has 3 aromatic carbocycles. The molecule has 0 spiro atoms. The molecule has 0 radical (unpaired) electrons. The average molecular weight is 355 g/mol. The predicted octanol–water partition coefficient (Wildman–Crippen LogP) is 5.95. The quantitative estimate of drug-likeness (QED) is 0.564. The lowest BCUT2D eigenvalue weighted by molar-refractivity contribution is -0.137. The van der Waals surface area contributed by atoms with Crippen LogP contribution in [-0.2, 0) is 12.8 Å². The Labute approximate surface area is 149 Å². The highest BCUT2D eigenvalue weighted by Gasteiger charge is 2.30. The van der Waals surface area contributed by atoms with Crippen molar-refractivity contribution < 1.29 is 17.9 Å². The van der Waals surface area contributed by atoms with Gasteiger partial charge in [-0.1, -0.05) is 48.5 Å². The molecule has 0 aliphatic heterocycles. The molecule has 0 saturated heterocycles. The highest BCUT2D eigenvalue weighted by atomic mass is 19.4. The van der Waals surface area contributed by atoms with Crippen molar-refractivity contribution in [1.82, 2.24) is 0 Å². The van der Waals surface area contributed by atoms with E-state index in [-0.39, 0.29) is 6.61 Å². The number of ether oxygens (including phenoxy) is 1. The number of benzene rings is 3. The van der Waals surface area contributed by atoms with Gasteiger partial charge < -0.3 is 10.1 Å². The Morgan fingerprint density at radius 3 is 2.27 bits per heavy atom. The van der Waals surface area contributed by atoms with Crippen molar-refractivity contribution in [2.45, 2.75) is 12.8 Å². The van der Waals surface area contributed by atoms with Gasteiger partial charge in [0.25, 0.3) is 0 Å². The second-order valence-corrected chi connectivity index (χ2v) is 5.78. The molecule has 3 aromatic rings. The maximum Gasteiger partial charge on any atom is 0.416 e. The van der Waals surface area contributed by atoms with E-state index < -0.39 is 11.7 Å². The van der Waals surface area contributed by atoms with Gasteiger partial charge in [0, 0.05) is 6.21 Å². The van der Waals surface area contributed by atoms with Crippen molar-refractivity contribution >= 4 is 6.21 Å². The Hall–Kier alpha value is -3.08. The first-order valence-corrected chi connectivity index (χ1v) is 7.95. The normalized spacial score (nSPS) is 11.2. The molecule has 0 bridgehead atoms. The van der Waals surface area contributed by atoms with Crippen LogP contribution in [-0.4, -0.2) is 6.21 Å². The highest BCUT2D eigenvalue weighted by Crippen LogP contribution is 2.30. The molecule has 0 heterocycles. The van der Waals surface area contributed by atoms with Gasteiger partial charge >= 0.3 is 6.18 Å². The molecule has 0 aliphatic carbocycles. The van der Waals surface area contributed by atoms with E-state index >= 15 is 0 Å². The van der Waals surface area contributed by atoms with Crippen molar-refractivity contribution in [2.75, 3.05) is 0 Å². The largest absolute Gasteiger partial charge is 0.489 e. The van der Waals surface area contributed by atoms with Gasteiger partial charge in [0.1, 0.15) is 12.4 Å². The van der Waals surface area contributed by atoms with Gasteiger partial charge in [-0.25, -0.2) is 0 Å². The summed E-state index contributed by atoms with van der Waals surface area (Å²) in [6.45, 7) is 0.0557. The summed E-state index contributed by atoms with van der Waals surface area (Å²) in [6, 6.07) is 20.0. The van der Waals surface area contributed by atoms with Crippen LogP contribution in [0, 0.1) is 5.41 Å². The van der Waals surface area contributed by atoms with Crippen molar-refractivity contribution in [2.24, 2.45) is 0 Å². The fraction of sp³-hybridized carbons (Fsp3) is 0.0952. The molecule has 5 heteroatoms. The first-order chi connectivity index (χ1) is 12.5. The Morgan fingerprint density at radius 2 is 1.58 bits per heavy atom. The molecule has 132 valence electrons. The number of nitrogens with one attached hydrogen (secondary N) is 1. The number of alkyl halides is 3. The van der Waals surface area contributed by atoms with E-state index in [2.05, 4.69) is 0 Å². The third kappa shape index (κ3) is 4.30. The number of hydrogen-bond acceptors (Lipinski definition) is 2. The molecule has 0 aliphatic rings. The monoisotopic (exact) mass is 355 g/mol. The van der Waals surface area contributed by atoms with Gasteiger partial charge in [0.2, 0.25) is 0 Å². The zero-order chi connectivity index (χ0) is 18.6. The van der Waals surface area contributed by atoms with Crippen molar-refractivity contribution in [1.29, 1.82) is 5.41 Å². The van der Waals surface area contributed by atoms with Crippen molar-refractivity contribution in [3.8, 4) is 16.9 Å². The maximum atomic E-state index is 12.8. The van der Waals surface area contributed by atoms with Gasteiger partial charge in [-0.3, -0.25) is 0 Å². The SMILES string of the molecule is N=Cc1ccc(-c2cccc(OCc3cccc(C(F)(F)F)c3)c2)cc1. The van der Waals surface area contributed by atoms with E-state index in [1.807, 2.05) is 42.5 Å². The molecule has 3 rings (SSSR count). The third-order valence-corrected chi connectivity index (χ3v) is 3.90. The number of hydrogen-bond donors (Lipinski definition) is 1. The van der Waals surface area contributed by atoms with Crippen LogP contribution >= 0.6 is 0 Å². The van der Waals surface area contributed by atoms with Crippen LogP contribution in [0.3, 0.4) is 0 Å². The predicted molar refractivity (Wildman–Crippen MR) is 95.5 cm³/mol. The summed E-state index contributed by atoms with van der Waals surface area (Å²) in [5.41, 5.74) is 2.49. The first kappa shape index (κ1) is 17.7. The lowest BCUT2D eigenvalue weighted by Crippen LogP contribution is -2.06. The summed E-state index contributed by atoms with van der Waals surface area (Å²) in [4.78, 5) is 0. The van der Waals surface area contributed by atoms with E-state index in [9.17, 15) is 13.2 Å². The van der Waals surface area contributed by atoms with Gasteiger partial charge in [0.15, 0.2) is 0 Å². The minimum atomic E-state index is -4.36. The zero-order valence-electron chi connectivity index (χ0n) is 13.8.